The van der Waals surface area contributed by atoms with E-state index in [2.05, 4.69) is 13.8 Å². The van der Waals surface area contributed by atoms with Crippen LogP contribution in [0.4, 0.5) is 0 Å². The highest BCUT2D eigenvalue weighted by atomic mass is 35.5. The van der Waals surface area contributed by atoms with Crippen molar-refractivity contribution in [3.8, 4) is 0 Å². The van der Waals surface area contributed by atoms with Gasteiger partial charge in [0.15, 0.2) is 11.6 Å². The Bertz CT molecular complexity index is 1320. The molecule has 1 unspecified atom stereocenters. The summed E-state index contributed by atoms with van der Waals surface area (Å²) in [6.45, 7) is 4.54. The van der Waals surface area contributed by atoms with E-state index in [0.29, 0.717) is 28.0 Å². The van der Waals surface area contributed by atoms with E-state index < -0.39 is 6.29 Å². The number of hydrogen-bond donors (Lipinski definition) is 0. The smallest absolute Gasteiger partial charge is 0.217 e. The van der Waals surface area contributed by atoms with Crippen LogP contribution in [0, 0.1) is 0 Å². The lowest BCUT2D eigenvalue weighted by Gasteiger charge is -2.19. The molecule has 3 aromatic carbocycles. The molecule has 0 aliphatic carbocycles. The average Bonchev–Trinajstić information content (AvgIpc) is 3.22. The fourth-order valence-corrected chi connectivity index (χ4v) is 5.75. The Balaban J connectivity index is 1.77. The summed E-state index contributed by atoms with van der Waals surface area (Å²) in [6, 6.07) is 24.5. The summed E-state index contributed by atoms with van der Waals surface area (Å²) in [5, 5.41) is 1.89. The molecule has 0 N–H and O–H groups in total. The summed E-state index contributed by atoms with van der Waals surface area (Å²) in [4.78, 5) is 19.2. The van der Waals surface area contributed by atoms with Crippen LogP contribution in [0.1, 0.15) is 53.5 Å². The molecule has 4 rings (SSSR count). The van der Waals surface area contributed by atoms with Crippen LogP contribution < -0.4 is 0 Å². The maximum absolute atomic E-state index is 13.4. The number of rotatable bonds is 11. The Morgan fingerprint density at radius 1 is 0.973 bits per heavy atom. The minimum Gasteiger partial charge on any atom is -0.349 e. The van der Waals surface area contributed by atoms with Gasteiger partial charge in [-0.2, -0.15) is 0 Å². The van der Waals surface area contributed by atoms with Crippen molar-refractivity contribution in [3.63, 3.8) is 0 Å². The molecule has 0 fully saturated rings. The first-order valence-electron chi connectivity index (χ1n) is 11.9. The molecule has 0 aliphatic rings. The minimum absolute atomic E-state index is 0.0431. The van der Waals surface area contributed by atoms with Gasteiger partial charge in [-0.15, -0.1) is 0 Å². The van der Waals surface area contributed by atoms with Crippen LogP contribution in [0.3, 0.4) is 0 Å². The van der Waals surface area contributed by atoms with Crippen molar-refractivity contribution in [2.75, 3.05) is 7.11 Å². The predicted octanol–water partition coefficient (Wildman–Crippen LogP) is 8.21. The van der Waals surface area contributed by atoms with E-state index in [4.69, 9.17) is 37.7 Å². The fraction of sp³-hybridized carbons (Fsp3) is 0.241. The second-order valence-electron chi connectivity index (χ2n) is 8.76. The standard InChI is InChI=1S/C29H28Cl2N2O3S/c1-19(2)26-28(37-24-15-22(30)14-23(31)16-24)33(17-25(34)21-12-8-5-9-13-21)27(32-26)29(35-3)36-18-20-10-6-4-7-11-20/h4-16,19,29H,17-18H2,1-3H3. The molecule has 0 radical (unpaired) electrons. The summed E-state index contributed by atoms with van der Waals surface area (Å²) in [6.07, 6.45) is -0.779. The van der Waals surface area contributed by atoms with E-state index in [9.17, 15) is 4.79 Å². The van der Waals surface area contributed by atoms with E-state index in [1.165, 1.54) is 11.8 Å². The van der Waals surface area contributed by atoms with Gasteiger partial charge in [-0.05, 0) is 29.7 Å². The van der Waals surface area contributed by atoms with Crippen molar-refractivity contribution in [3.05, 3.63) is 112 Å². The third-order valence-electron chi connectivity index (χ3n) is 5.64. The van der Waals surface area contributed by atoms with Crippen LogP contribution in [0.5, 0.6) is 0 Å². The number of methoxy groups -OCH3 is 1. The summed E-state index contributed by atoms with van der Waals surface area (Å²) < 4.78 is 13.8. The van der Waals surface area contributed by atoms with Crippen LogP contribution >= 0.6 is 35.0 Å². The van der Waals surface area contributed by atoms with Gasteiger partial charge in [0.05, 0.1) is 18.8 Å². The molecule has 1 atom stereocenters. The van der Waals surface area contributed by atoms with Gasteiger partial charge in [-0.3, -0.25) is 4.79 Å². The highest BCUT2D eigenvalue weighted by molar-refractivity contribution is 7.99. The highest BCUT2D eigenvalue weighted by Crippen LogP contribution is 2.39. The zero-order valence-electron chi connectivity index (χ0n) is 20.9. The maximum Gasteiger partial charge on any atom is 0.217 e. The number of hydrogen-bond acceptors (Lipinski definition) is 5. The Labute approximate surface area is 231 Å². The monoisotopic (exact) mass is 554 g/mol. The molecule has 0 amide bonds. The first-order valence-corrected chi connectivity index (χ1v) is 13.4. The Morgan fingerprint density at radius 3 is 2.19 bits per heavy atom. The quantitative estimate of drug-likeness (QED) is 0.138. The third kappa shape index (κ3) is 7.03. The molecule has 1 heterocycles. The molecule has 0 spiro atoms. The van der Waals surface area contributed by atoms with E-state index >= 15 is 0 Å². The van der Waals surface area contributed by atoms with Crippen LogP contribution in [0.2, 0.25) is 10.0 Å². The van der Waals surface area contributed by atoms with Crippen molar-refractivity contribution < 1.29 is 14.3 Å². The molecule has 1 aromatic heterocycles. The van der Waals surface area contributed by atoms with E-state index in [-0.39, 0.29) is 18.2 Å². The molecule has 0 saturated carbocycles. The van der Waals surface area contributed by atoms with Gasteiger partial charge in [0.25, 0.3) is 0 Å². The molecule has 0 bridgehead atoms. The lowest BCUT2D eigenvalue weighted by atomic mass is 10.1. The van der Waals surface area contributed by atoms with Gasteiger partial charge in [-0.1, -0.05) is 109 Å². The van der Waals surface area contributed by atoms with E-state index in [1.807, 2.05) is 77.4 Å². The number of halogens is 2. The summed E-state index contributed by atoms with van der Waals surface area (Å²) in [5.74, 6) is 0.566. The number of aromatic nitrogens is 2. The summed E-state index contributed by atoms with van der Waals surface area (Å²) in [7, 11) is 1.58. The van der Waals surface area contributed by atoms with Crippen LogP contribution in [-0.2, 0) is 22.6 Å². The van der Waals surface area contributed by atoms with Crippen molar-refractivity contribution in [1.29, 1.82) is 0 Å². The molecule has 5 nitrogen and oxygen atoms in total. The van der Waals surface area contributed by atoms with Crippen molar-refractivity contribution in [2.24, 2.45) is 0 Å². The molecule has 8 heteroatoms. The molecule has 192 valence electrons. The zero-order chi connectivity index (χ0) is 26.4. The zero-order valence-corrected chi connectivity index (χ0v) is 23.2. The predicted molar refractivity (Wildman–Crippen MR) is 149 cm³/mol. The van der Waals surface area contributed by atoms with Gasteiger partial charge < -0.3 is 14.0 Å². The number of ether oxygens (including phenoxy) is 2. The van der Waals surface area contributed by atoms with Gasteiger partial charge in [0, 0.05) is 27.6 Å². The van der Waals surface area contributed by atoms with Gasteiger partial charge >= 0.3 is 0 Å². The van der Waals surface area contributed by atoms with Crippen LogP contribution in [0.25, 0.3) is 0 Å². The number of carbonyl (C=O) groups is 1. The average molecular weight is 556 g/mol. The molecule has 4 aromatic rings. The molecule has 37 heavy (non-hydrogen) atoms. The first-order chi connectivity index (χ1) is 17.9. The summed E-state index contributed by atoms with van der Waals surface area (Å²) >= 11 is 14.0. The number of benzene rings is 3. The third-order valence-corrected chi connectivity index (χ3v) is 7.17. The second-order valence-corrected chi connectivity index (χ2v) is 10.7. The van der Waals surface area contributed by atoms with Crippen LogP contribution in [-0.4, -0.2) is 22.4 Å². The fourth-order valence-electron chi connectivity index (χ4n) is 3.84. The van der Waals surface area contributed by atoms with Crippen molar-refractivity contribution in [1.82, 2.24) is 9.55 Å². The lowest BCUT2D eigenvalue weighted by molar-refractivity contribution is -0.142. The molecular weight excluding hydrogens is 527 g/mol. The maximum atomic E-state index is 13.4. The Morgan fingerprint density at radius 2 is 1.59 bits per heavy atom. The number of imidazole rings is 1. The van der Waals surface area contributed by atoms with Gasteiger partial charge in [0.1, 0.15) is 5.03 Å². The largest absolute Gasteiger partial charge is 0.349 e. The Hall–Kier alpha value is -2.61. The SMILES string of the molecule is COC(OCc1ccccc1)c1nc(C(C)C)c(Sc2cc(Cl)cc(Cl)c2)n1CC(=O)c1ccccc1. The van der Waals surface area contributed by atoms with Crippen molar-refractivity contribution in [2.45, 2.75) is 49.1 Å². The highest BCUT2D eigenvalue weighted by Gasteiger charge is 2.28. The van der Waals surface area contributed by atoms with Gasteiger partial charge in [-0.25, -0.2) is 4.98 Å². The molecule has 0 aliphatic heterocycles. The van der Waals surface area contributed by atoms with E-state index in [1.54, 1.807) is 13.2 Å². The number of carbonyl (C=O) groups excluding carboxylic acids is 1. The van der Waals surface area contributed by atoms with Gasteiger partial charge in [0.2, 0.25) is 6.29 Å². The summed E-state index contributed by atoms with van der Waals surface area (Å²) in [5.41, 5.74) is 2.46. The normalized spacial score (nSPS) is 12.2. The molecular formula is C29H28Cl2N2O3S. The van der Waals surface area contributed by atoms with Crippen molar-refractivity contribution >= 4 is 40.7 Å². The second kappa shape index (κ2) is 12.8. The Kier molecular flexibility index (Phi) is 9.46. The lowest BCUT2D eigenvalue weighted by Crippen LogP contribution is -2.19. The van der Waals surface area contributed by atoms with Crippen LogP contribution in [0.15, 0.2) is 88.8 Å². The minimum atomic E-state index is -0.779. The van der Waals surface area contributed by atoms with E-state index in [0.717, 1.165) is 21.2 Å². The number of Topliss-reactive ketones (excluding diaryl/α,β-unsaturated/α-hetero) is 1. The molecule has 0 saturated heterocycles. The number of ketones is 1. The number of nitrogens with zero attached hydrogens (tertiary/aromatic N) is 2. The topological polar surface area (TPSA) is 53.4 Å². The first kappa shape index (κ1) is 27.4.